The molecule has 3 rings (SSSR count). The van der Waals surface area contributed by atoms with Crippen molar-refractivity contribution in [1.29, 1.82) is 0 Å². The van der Waals surface area contributed by atoms with Gasteiger partial charge in [0, 0.05) is 11.6 Å². The number of rotatable bonds is 5. The number of hydrogen-bond acceptors (Lipinski definition) is 4. The molecule has 1 amide bonds. The first-order valence-corrected chi connectivity index (χ1v) is 9.41. The average molecular weight is 356 g/mol. The Morgan fingerprint density at radius 1 is 1.31 bits per heavy atom. The summed E-state index contributed by atoms with van der Waals surface area (Å²) in [6.07, 6.45) is 3.48. The second kappa shape index (κ2) is 7.94. The average Bonchev–Trinajstić information content (AvgIpc) is 2.95. The van der Waals surface area contributed by atoms with E-state index in [1.807, 2.05) is 32.0 Å². The molecule has 140 valence electrons. The predicted molar refractivity (Wildman–Crippen MR) is 100 cm³/mol. The highest BCUT2D eigenvalue weighted by Crippen LogP contribution is 2.29. The molecule has 1 aliphatic carbocycles. The summed E-state index contributed by atoms with van der Waals surface area (Å²) in [4.78, 5) is 12.7. The van der Waals surface area contributed by atoms with Crippen LogP contribution in [-0.2, 0) is 6.61 Å². The summed E-state index contributed by atoms with van der Waals surface area (Å²) in [6, 6.07) is 7.59. The summed E-state index contributed by atoms with van der Waals surface area (Å²) in [6.45, 7) is 8.65. The number of ether oxygens (including phenoxy) is 1. The minimum absolute atomic E-state index is 0.0289. The van der Waals surface area contributed by atoms with E-state index in [1.54, 1.807) is 6.07 Å². The van der Waals surface area contributed by atoms with Crippen LogP contribution >= 0.6 is 0 Å². The number of carbonyl (C=O) groups is 1. The van der Waals surface area contributed by atoms with Crippen molar-refractivity contribution in [1.82, 2.24) is 10.5 Å². The van der Waals surface area contributed by atoms with Gasteiger partial charge in [0.1, 0.15) is 18.1 Å². The first-order chi connectivity index (χ1) is 12.5. The molecule has 0 spiro atoms. The van der Waals surface area contributed by atoms with Crippen LogP contribution in [0.4, 0.5) is 0 Å². The lowest BCUT2D eigenvalue weighted by Crippen LogP contribution is -2.43. The summed E-state index contributed by atoms with van der Waals surface area (Å²) >= 11 is 0. The molecule has 5 heteroatoms. The summed E-state index contributed by atoms with van der Waals surface area (Å²) in [5, 5.41) is 7.14. The molecule has 5 nitrogen and oxygen atoms in total. The van der Waals surface area contributed by atoms with Crippen molar-refractivity contribution in [2.75, 3.05) is 0 Å². The van der Waals surface area contributed by atoms with E-state index in [2.05, 4.69) is 24.3 Å². The maximum atomic E-state index is 12.7. The third kappa shape index (κ3) is 4.09. The lowest BCUT2D eigenvalue weighted by molar-refractivity contribution is 0.0890. The first-order valence-electron chi connectivity index (χ1n) is 9.41. The quantitative estimate of drug-likeness (QED) is 0.861. The van der Waals surface area contributed by atoms with E-state index >= 15 is 0 Å². The molecule has 1 aliphatic rings. The molecule has 1 fully saturated rings. The molecule has 0 aliphatic heterocycles. The van der Waals surface area contributed by atoms with Gasteiger partial charge in [-0.25, -0.2) is 0 Å². The van der Waals surface area contributed by atoms with Crippen LogP contribution < -0.4 is 10.1 Å². The molecule has 3 atom stereocenters. The van der Waals surface area contributed by atoms with E-state index in [1.165, 1.54) is 12.8 Å². The van der Waals surface area contributed by atoms with Gasteiger partial charge in [0.05, 0.1) is 11.3 Å². The van der Waals surface area contributed by atoms with Gasteiger partial charge in [0.2, 0.25) is 0 Å². The van der Waals surface area contributed by atoms with E-state index in [-0.39, 0.29) is 11.9 Å². The molecular formula is C21H28N2O3. The normalized spacial score (nSPS) is 22.8. The van der Waals surface area contributed by atoms with E-state index in [9.17, 15) is 4.79 Å². The highest BCUT2D eigenvalue weighted by atomic mass is 16.5. The molecule has 0 bridgehead atoms. The van der Waals surface area contributed by atoms with Crippen LogP contribution in [0.2, 0.25) is 0 Å². The first kappa shape index (κ1) is 18.5. The fourth-order valence-corrected chi connectivity index (χ4v) is 3.63. The molecule has 0 radical (unpaired) electrons. The van der Waals surface area contributed by atoms with E-state index < -0.39 is 0 Å². The van der Waals surface area contributed by atoms with Crippen LogP contribution in [-0.4, -0.2) is 17.1 Å². The number of aryl methyl sites for hydroxylation is 2. The predicted octanol–water partition coefficient (Wildman–Crippen LogP) is 4.42. The second-order valence-electron chi connectivity index (χ2n) is 7.47. The highest BCUT2D eigenvalue weighted by Gasteiger charge is 2.28. The molecule has 1 N–H and O–H groups in total. The largest absolute Gasteiger partial charge is 0.489 e. The minimum atomic E-state index is -0.0289. The number of hydrogen-bond donors (Lipinski definition) is 1. The molecular weight excluding hydrogens is 328 g/mol. The third-order valence-corrected chi connectivity index (χ3v) is 5.68. The Labute approximate surface area is 155 Å². The maximum Gasteiger partial charge on any atom is 0.251 e. The van der Waals surface area contributed by atoms with Gasteiger partial charge in [-0.15, -0.1) is 0 Å². The van der Waals surface area contributed by atoms with Crippen LogP contribution in [0.5, 0.6) is 5.75 Å². The number of amides is 1. The maximum absolute atomic E-state index is 12.7. The van der Waals surface area contributed by atoms with Crippen molar-refractivity contribution < 1.29 is 14.1 Å². The molecule has 1 saturated carbocycles. The third-order valence-electron chi connectivity index (χ3n) is 5.68. The summed E-state index contributed by atoms with van der Waals surface area (Å²) in [5.41, 5.74) is 2.41. The van der Waals surface area contributed by atoms with Gasteiger partial charge in [-0.2, -0.15) is 0 Å². The van der Waals surface area contributed by atoms with E-state index in [4.69, 9.17) is 9.26 Å². The number of nitrogens with zero attached hydrogens (tertiary/aromatic N) is 1. The van der Waals surface area contributed by atoms with Gasteiger partial charge in [0.15, 0.2) is 0 Å². The van der Waals surface area contributed by atoms with Crippen LogP contribution in [0.25, 0.3) is 0 Å². The van der Waals surface area contributed by atoms with Gasteiger partial charge >= 0.3 is 0 Å². The van der Waals surface area contributed by atoms with E-state index in [0.717, 1.165) is 23.4 Å². The summed E-state index contributed by atoms with van der Waals surface area (Å²) in [7, 11) is 0. The van der Waals surface area contributed by atoms with E-state index in [0.29, 0.717) is 29.8 Å². The monoisotopic (exact) mass is 356 g/mol. The fraction of sp³-hybridized carbons (Fsp3) is 0.524. The summed E-state index contributed by atoms with van der Waals surface area (Å²) in [5.74, 6) is 2.56. The van der Waals surface area contributed by atoms with Gasteiger partial charge in [-0.3, -0.25) is 4.79 Å². The molecule has 1 aromatic heterocycles. The topological polar surface area (TPSA) is 64.4 Å². The SMILES string of the molecule is Cc1noc(C)c1COc1cccc(C(=O)N[C@H]2CCC[C@H](C)[C@@H]2C)c1. The molecule has 2 aromatic rings. The Morgan fingerprint density at radius 3 is 2.85 bits per heavy atom. The summed E-state index contributed by atoms with van der Waals surface area (Å²) < 4.78 is 11.0. The van der Waals surface area contributed by atoms with Crippen LogP contribution in [0.3, 0.4) is 0 Å². The Hall–Kier alpha value is -2.30. The van der Waals surface area contributed by atoms with Crippen molar-refractivity contribution in [3.63, 3.8) is 0 Å². The Morgan fingerprint density at radius 2 is 2.12 bits per heavy atom. The molecule has 1 heterocycles. The van der Waals surface area contributed by atoms with Gasteiger partial charge in [-0.1, -0.05) is 37.9 Å². The highest BCUT2D eigenvalue weighted by molar-refractivity contribution is 5.94. The Bertz CT molecular complexity index is 749. The molecule has 1 aromatic carbocycles. The molecule has 26 heavy (non-hydrogen) atoms. The van der Waals surface area contributed by atoms with Crippen molar-refractivity contribution in [3.05, 3.63) is 46.8 Å². The molecule has 0 saturated heterocycles. The van der Waals surface area contributed by atoms with Gasteiger partial charge in [0.25, 0.3) is 5.91 Å². The lowest BCUT2D eigenvalue weighted by atomic mass is 9.78. The number of benzene rings is 1. The smallest absolute Gasteiger partial charge is 0.251 e. The minimum Gasteiger partial charge on any atom is -0.489 e. The van der Waals surface area contributed by atoms with Crippen molar-refractivity contribution in [3.8, 4) is 5.75 Å². The van der Waals surface area contributed by atoms with Crippen LogP contribution in [0, 0.1) is 25.7 Å². The van der Waals surface area contributed by atoms with Gasteiger partial charge < -0.3 is 14.6 Å². The number of nitrogens with one attached hydrogen (secondary N) is 1. The standard InChI is InChI=1S/C21H28N2O3/c1-13-7-5-10-20(14(13)2)22-21(24)17-8-6-9-18(11-17)25-12-19-15(3)23-26-16(19)4/h6,8-9,11,13-14,20H,5,7,10,12H2,1-4H3,(H,22,24)/t13-,14-,20-/m0/s1. The molecule has 0 unspecified atom stereocenters. The zero-order valence-corrected chi connectivity index (χ0v) is 16.0. The van der Waals surface area contributed by atoms with Crippen molar-refractivity contribution in [2.24, 2.45) is 11.8 Å². The van der Waals surface area contributed by atoms with Crippen molar-refractivity contribution in [2.45, 2.75) is 59.6 Å². The zero-order chi connectivity index (χ0) is 18.7. The zero-order valence-electron chi connectivity index (χ0n) is 16.0. The lowest BCUT2D eigenvalue weighted by Gasteiger charge is -2.34. The van der Waals surface area contributed by atoms with Crippen LogP contribution in [0.15, 0.2) is 28.8 Å². The van der Waals surface area contributed by atoms with Crippen molar-refractivity contribution >= 4 is 5.91 Å². The Kier molecular flexibility index (Phi) is 5.64. The Balaban J connectivity index is 1.64. The van der Waals surface area contributed by atoms with Crippen LogP contribution in [0.1, 0.15) is 60.5 Å². The number of carbonyl (C=O) groups excluding carboxylic acids is 1. The van der Waals surface area contributed by atoms with Gasteiger partial charge in [-0.05, 0) is 50.3 Å². The number of aromatic nitrogens is 1. The fourth-order valence-electron chi connectivity index (χ4n) is 3.63. The second-order valence-corrected chi connectivity index (χ2v) is 7.47.